The summed E-state index contributed by atoms with van der Waals surface area (Å²) in [5.74, 6) is 0.711. The van der Waals surface area contributed by atoms with Crippen LogP contribution in [-0.4, -0.2) is 37.2 Å². The molecule has 1 saturated heterocycles. The molecule has 1 amide bonds. The van der Waals surface area contributed by atoms with E-state index in [2.05, 4.69) is 37.2 Å². The van der Waals surface area contributed by atoms with Crippen LogP contribution in [0.2, 0.25) is 0 Å². The summed E-state index contributed by atoms with van der Waals surface area (Å²) in [7, 11) is 1.64. The number of rotatable bonds is 4. The number of fused-ring (bicyclic) bond motifs is 1. The molecule has 0 aliphatic carbocycles. The number of ether oxygens (including phenoxy) is 2. The van der Waals surface area contributed by atoms with Crippen LogP contribution in [0.5, 0.6) is 5.75 Å². The Kier molecular flexibility index (Phi) is 5.43. The van der Waals surface area contributed by atoms with Crippen LogP contribution in [0.1, 0.15) is 34.9 Å². The zero-order valence-corrected chi connectivity index (χ0v) is 18.0. The van der Waals surface area contributed by atoms with Crippen molar-refractivity contribution in [2.24, 2.45) is 0 Å². The molecule has 27 heavy (non-hydrogen) atoms. The van der Waals surface area contributed by atoms with Crippen LogP contribution >= 0.6 is 31.9 Å². The average Bonchev–Trinajstić information content (AvgIpc) is 3.16. The highest BCUT2D eigenvalue weighted by molar-refractivity contribution is 9.11. The number of benzene rings is 2. The third-order valence-electron chi connectivity index (χ3n) is 4.98. The van der Waals surface area contributed by atoms with E-state index in [0.29, 0.717) is 17.9 Å². The van der Waals surface area contributed by atoms with Gasteiger partial charge in [0, 0.05) is 28.9 Å². The van der Waals surface area contributed by atoms with Crippen LogP contribution in [0.4, 0.5) is 5.69 Å². The molecule has 2 aromatic carbocycles. The Morgan fingerprint density at radius 1 is 1.30 bits per heavy atom. The van der Waals surface area contributed by atoms with Crippen molar-refractivity contribution in [3.05, 3.63) is 56.5 Å². The van der Waals surface area contributed by atoms with Gasteiger partial charge in [-0.15, -0.1) is 0 Å². The lowest BCUT2D eigenvalue weighted by molar-refractivity contribution is 0.0424. The number of nitrogens with one attached hydrogen (secondary N) is 1. The van der Waals surface area contributed by atoms with Crippen molar-refractivity contribution < 1.29 is 14.3 Å². The van der Waals surface area contributed by atoms with Crippen LogP contribution in [0, 0.1) is 0 Å². The fourth-order valence-corrected chi connectivity index (χ4v) is 5.15. The van der Waals surface area contributed by atoms with Crippen molar-refractivity contribution in [1.29, 1.82) is 0 Å². The number of methoxy groups -OCH3 is 1. The average molecular weight is 496 g/mol. The van der Waals surface area contributed by atoms with Crippen LogP contribution in [-0.2, 0) is 4.74 Å². The maximum atomic E-state index is 13.3. The molecule has 7 heteroatoms. The smallest absolute Gasteiger partial charge is 0.257 e. The Hall–Kier alpha value is -1.57. The molecule has 2 heterocycles. The van der Waals surface area contributed by atoms with Gasteiger partial charge in [0.05, 0.1) is 23.2 Å². The van der Waals surface area contributed by atoms with E-state index in [0.717, 1.165) is 39.6 Å². The Balaban J connectivity index is 1.80. The molecular formula is C20H20Br2N2O3. The Morgan fingerprint density at radius 3 is 2.85 bits per heavy atom. The zero-order chi connectivity index (χ0) is 19.0. The second-order valence-corrected chi connectivity index (χ2v) is 8.47. The van der Waals surface area contributed by atoms with E-state index in [1.807, 2.05) is 41.3 Å². The summed E-state index contributed by atoms with van der Waals surface area (Å²) in [6.45, 7) is 1.30. The minimum Gasteiger partial charge on any atom is -0.495 e. The molecule has 0 aromatic heterocycles. The minimum absolute atomic E-state index is 0.00278. The highest BCUT2D eigenvalue weighted by Crippen LogP contribution is 2.41. The van der Waals surface area contributed by atoms with Gasteiger partial charge in [0.25, 0.3) is 5.91 Å². The Bertz CT molecular complexity index is 868. The van der Waals surface area contributed by atoms with Gasteiger partial charge in [0.2, 0.25) is 0 Å². The van der Waals surface area contributed by atoms with Gasteiger partial charge >= 0.3 is 0 Å². The fourth-order valence-electron chi connectivity index (χ4n) is 3.73. The van der Waals surface area contributed by atoms with E-state index in [1.165, 1.54) is 0 Å². The van der Waals surface area contributed by atoms with Crippen molar-refractivity contribution in [2.75, 3.05) is 25.6 Å². The fraction of sp³-hybridized carbons (Fsp3) is 0.350. The quantitative estimate of drug-likeness (QED) is 0.650. The summed E-state index contributed by atoms with van der Waals surface area (Å²) in [4.78, 5) is 15.2. The molecule has 0 saturated carbocycles. The summed E-state index contributed by atoms with van der Waals surface area (Å²) in [6, 6.07) is 11.5. The molecule has 0 radical (unpaired) electrons. The van der Waals surface area contributed by atoms with E-state index in [4.69, 9.17) is 9.47 Å². The van der Waals surface area contributed by atoms with Crippen LogP contribution in [0.3, 0.4) is 0 Å². The molecular weight excluding hydrogens is 476 g/mol. The van der Waals surface area contributed by atoms with Gasteiger partial charge in [-0.2, -0.15) is 0 Å². The van der Waals surface area contributed by atoms with Gasteiger partial charge in [-0.3, -0.25) is 4.79 Å². The predicted octanol–water partition coefficient (Wildman–Crippen LogP) is 4.97. The zero-order valence-electron chi connectivity index (χ0n) is 14.9. The minimum atomic E-state index is -0.347. The number of anilines is 1. The summed E-state index contributed by atoms with van der Waals surface area (Å²) in [6.07, 6.45) is 1.72. The van der Waals surface area contributed by atoms with Gasteiger partial charge in [-0.25, -0.2) is 0 Å². The number of nitrogens with zero attached hydrogens (tertiary/aromatic N) is 1. The first-order chi connectivity index (χ1) is 13.1. The van der Waals surface area contributed by atoms with Crippen LogP contribution < -0.4 is 10.1 Å². The van der Waals surface area contributed by atoms with Crippen molar-refractivity contribution in [3.8, 4) is 5.75 Å². The number of amides is 1. The molecule has 5 nitrogen and oxygen atoms in total. The van der Waals surface area contributed by atoms with Crippen molar-refractivity contribution in [2.45, 2.75) is 25.1 Å². The molecule has 0 unspecified atom stereocenters. The SMILES string of the molecule is COc1c(Br)cc(Br)cc1[C@H]1Nc2ccccc2C(=O)N1C[C@H]1CCCO1. The number of halogens is 2. The van der Waals surface area contributed by atoms with Crippen molar-refractivity contribution >= 4 is 43.5 Å². The molecule has 2 aliphatic heterocycles. The molecule has 0 spiro atoms. The highest BCUT2D eigenvalue weighted by Gasteiger charge is 2.37. The molecule has 2 aromatic rings. The van der Waals surface area contributed by atoms with E-state index in [-0.39, 0.29) is 18.2 Å². The first-order valence-corrected chi connectivity index (χ1v) is 10.5. The lowest BCUT2D eigenvalue weighted by atomic mass is 10.0. The molecule has 4 rings (SSSR count). The van der Waals surface area contributed by atoms with Gasteiger partial charge in [0.1, 0.15) is 11.9 Å². The van der Waals surface area contributed by atoms with E-state index in [9.17, 15) is 4.79 Å². The first-order valence-electron chi connectivity index (χ1n) is 8.89. The second-order valence-electron chi connectivity index (χ2n) is 6.70. The first kappa shape index (κ1) is 18.8. The van der Waals surface area contributed by atoms with Crippen molar-refractivity contribution in [3.63, 3.8) is 0 Å². The van der Waals surface area contributed by atoms with E-state index >= 15 is 0 Å². The third-order valence-corrected chi connectivity index (χ3v) is 6.03. The standard InChI is InChI=1S/C20H20Br2N2O3/c1-26-18-15(9-12(21)10-16(18)22)19-23-17-7-3-2-6-14(17)20(25)24(19)11-13-5-4-8-27-13/h2-3,6-7,9-10,13,19,23H,4-5,8,11H2,1H3/t13-,19+/m1/s1. The summed E-state index contributed by atoms with van der Waals surface area (Å²) in [5.41, 5.74) is 2.40. The number of hydrogen-bond acceptors (Lipinski definition) is 4. The second kappa shape index (κ2) is 7.81. The summed E-state index contributed by atoms with van der Waals surface area (Å²) >= 11 is 7.13. The van der Waals surface area contributed by atoms with Gasteiger partial charge < -0.3 is 19.7 Å². The third kappa shape index (κ3) is 3.60. The maximum absolute atomic E-state index is 13.3. The molecule has 1 N–H and O–H groups in total. The van der Waals surface area contributed by atoms with Gasteiger partial charge in [0.15, 0.2) is 0 Å². The molecule has 2 aliphatic rings. The maximum Gasteiger partial charge on any atom is 0.257 e. The molecule has 142 valence electrons. The number of para-hydroxylation sites is 1. The number of carbonyl (C=O) groups is 1. The summed E-state index contributed by atoms with van der Waals surface area (Å²) in [5, 5.41) is 3.52. The topological polar surface area (TPSA) is 50.8 Å². The van der Waals surface area contributed by atoms with Crippen molar-refractivity contribution in [1.82, 2.24) is 4.90 Å². The highest BCUT2D eigenvalue weighted by atomic mass is 79.9. The Labute approximate surface area is 175 Å². The number of carbonyl (C=O) groups excluding carboxylic acids is 1. The molecule has 1 fully saturated rings. The van der Waals surface area contributed by atoms with E-state index < -0.39 is 0 Å². The Morgan fingerprint density at radius 2 is 2.11 bits per heavy atom. The lowest BCUT2D eigenvalue weighted by Gasteiger charge is -2.39. The largest absolute Gasteiger partial charge is 0.495 e. The van der Waals surface area contributed by atoms with Gasteiger partial charge in [-0.1, -0.05) is 28.1 Å². The lowest BCUT2D eigenvalue weighted by Crippen LogP contribution is -2.46. The molecule has 0 bridgehead atoms. The van der Waals surface area contributed by atoms with Crippen LogP contribution in [0.15, 0.2) is 45.3 Å². The normalized spacial score (nSPS) is 21.7. The monoisotopic (exact) mass is 494 g/mol. The van der Waals surface area contributed by atoms with Crippen LogP contribution in [0.25, 0.3) is 0 Å². The van der Waals surface area contributed by atoms with Gasteiger partial charge in [-0.05, 0) is 53.0 Å². The summed E-state index contributed by atoms with van der Waals surface area (Å²) < 4.78 is 13.2. The predicted molar refractivity (Wildman–Crippen MR) is 111 cm³/mol. The number of hydrogen-bond donors (Lipinski definition) is 1. The van der Waals surface area contributed by atoms with E-state index in [1.54, 1.807) is 7.11 Å². The molecule has 2 atom stereocenters.